The molecule has 0 atom stereocenters. The fourth-order valence-corrected chi connectivity index (χ4v) is 2.91. The van der Waals surface area contributed by atoms with Crippen molar-refractivity contribution in [1.29, 1.82) is 0 Å². The highest BCUT2D eigenvalue weighted by atomic mass is 16.1. The van der Waals surface area contributed by atoms with E-state index in [-0.39, 0.29) is 5.91 Å². The maximum absolute atomic E-state index is 12.3. The van der Waals surface area contributed by atoms with Gasteiger partial charge in [-0.1, -0.05) is 24.3 Å². The summed E-state index contributed by atoms with van der Waals surface area (Å²) in [6.07, 6.45) is 0. The molecule has 1 amide bonds. The summed E-state index contributed by atoms with van der Waals surface area (Å²) in [4.78, 5) is 18.8. The minimum absolute atomic E-state index is 0.0912. The Morgan fingerprint density at radius 2 is 1.78 bits per heavy atom. The molecule has 0 unspecified atom stereocenters. The lowest BCUT2D eigenvalue weighted by Crippen LogP contribution is -2.23. The van der Waals surface area contributed by atoms with Crippen molar-refractivity contribution in [2.45, 2.75) is 13.5 Å². The molecule has 4 nitrogen and oxygen atoms in total. The van der Waals surface area contributed by atoms with E-state index in [4.69, 9.17) is 0 Å². The number of nitrogens with one attached hydrogen (secondary N) is 3. The molecular weight excluding hydrogens is 286 g/mol. The van der Waals surface area contributed by atoms with E-state index in [2.05, 4.69) is 27.4 Å². The lowest BCUT2D eigenvalue weighted by Gasteiger charge is -2.04. The van der Waals surface area contributed by atoms with Crippen LogP contribution in [0.25, 0.3) is 21.8 Å². The Hall–Kier alpha value is -3.01. The topological polar surface area (TPSA) is 60.7 Å². The van der Waals surface area contributed by atoms with Crippen molar-refractivity contribution in [2.24, 2.45) is 0 Å². The summed E-state index contributed by atoms with van der Waals surface area (Å²) in [5.41, 5.74) is 4.90. The molecule has 0 bridgehead atoms. The third kappa shape index (κ3) is 2.59. The normalized spacial score (nSPS) is 11.2. The maximum Gasteiger partial charge on any atom is 0.267 e. The van der Waals surface area contributed by atoms with E-state index >= 15 is 0 Å². The van der Waals surface area contributed by atoms with Gasteiger partial charge in [0.2, 0.25) is 0 Å². The van der Waals surface area contributed by atoms with Gasteiger partial charge >= 0.3 is 0 Å². The van der Waals surface area contributed by atoms with Gasteiger partial charge in [0.05, 0.1) is 0 Å². The molecule has 0 aliphatic rings. The first-order valence-corrected chi connectivity index (χ1v) is 7.63. The molecule has 3 N–H and O–H groups in total. The molecule has 4 heteroatoms. The number of H-pyrrole nitrogens is 2. The van der Waals surface area contributed by atoms with Crippen molar-refractivity contribution in [3.8, 4) is 0 Å². The Bertz CT molecular complexity index is 977. The van der Waals surface area contributed by atoms with Crippen molar-refractivity contribution in [1.82, 2.24) is 15.3 Å². The number of fused-ring (bicyclic) bond motifs is 2. The van der Waals surface area contributed by atoms with Crippen LogP contribution in [0.2, 0.25) is 0 Å². The molecule has 114 valence electrons. The first kappa shape index (κ1) is 13.6. The number of hydrogen-bond acceptors (Lipinski definition) is 1. The largest absolute Gasteiger partial charge is 0.359 e. The van der Waals surface area contributed by atoms with E-state index in [0.717, 1.165) is 27.7 Å². The summed E-state index contributed by atoms with van der Waals surface area (Å²) in [5, 5.41) is 5.18. The Kier molecular flexibility index (Phi) is 3.15. The van der Waals surface area contributed by atoms with E-state index in [9.17, 15) is 4.79 Å². The van der Waals surface area contributed by atoms with E-state index in [1.807, 2.05) is 49.4 Å². The van der Waals surface area contributed by atoms with Crippen LogP contribution in [0.3, 0.4) is 0 Å². The van der Waals surface area contributed by atoms with Gasteiger partial charge in [-0.05, 0) is 48.2 Å². The first-order valence-electron chi connectivity index (χ1n) is 7.63. The smallest absolute Gasteiger partial charge is 0.267 e. The number of aromatic amines is 2. The molecule has 0 aliphatic heterocycles. The average molecular weight is 303 g/mol. The van der Waals surface area contributed by atoms with Crippen LogP contribution in [0.1, 0.15) is 21.7 Å². The Labute approximate surface area is 133 Å². The summed E-state index contributed by atoms with van der Waals surface area (Å²) >= 11 is 0. The van der Waals surface area contributed by atoms with Crippen molar-refractivity contribution in [2.75, 3.05) is 0 Å². The number of benzene rings is 2. The minimum atomic E-state index is -0.0912. The number of carbonyl (C=O) groups is 1. The number of aryl methyl sites for hydroxylation is 1. The summed E-state index contributed by atoms with van der Waals surface area (Å²) in [6.45, 7) is 2.55. The zero-order valence-electron chi connectivity index (χ0n) is 12.8. The van der Waals surface area contributed by atoms with Crippen molar-refractivity contribution >= 4 is 27.7 Å². The Morgan fingerprint density at radius 1 is 0.957 bits per heavy atom. The monoisotopic (exact) mass is 303 g/mol. The summed E-state index contributed by atoms with van der Waals surface area (Å²) in [5.74, 6) is -0.0912. The van der Waals surface area contributed by atoms with Crippen molar-refractivity contribution in [3.05, 3.63) is 71.5 Å². The molecule has 2 aromatic heterocycles. The summed E-state index contributed by atoms with van der Waals surface area (Å²) in [7, 11) is 0. The highest BCUT2D eigenvalue weighted by molar-refractivity contribution is 5.98. The van der Waals surface area contributed by atoms with Crippen LogP contribution < -0.4 is 5.32 Å². The molecular formula is C19H17N3O. The number of carbonyl (C=O) groups excluding carboxylic acids is 1. The molecule has 2 aromatic carbocycles. The number of para-hydroxylation sites is 1. The fourth-order valence-electron chi connectivity index (χ4n) is 2.91. The van der Waals surface area contributed by atoms with Gasteiger partial charge < -0.3 is 15.3 Å². The molecule has 0 spiro atoms. The second kappa shape index (κ2) is 5.32. The van der Waals surface area contributed by atoms with E-state index in [1.165, 1.54) is 5.39 Å². The first-order chi connectivity index (χ1) is 11.2. The van der Waals surface area contributed by atoms with Gasteiger partial charge in [-0.2, -0.15) is 0 Å². The highest BCUT2D eigenvalue weighted by Gasteiger charge is 2.09. The number of aromatic nitrogens is 2. The predicted octanol–water partition coefficient (Wildman–Crippen LogP) is 3.89. The van der Waals surface area contributed by atoms with Gasteiger partial charge in [-0.25, -0.2) is 0 Å². The number of amides is 1. The molecule has 23 heavy (non-hydrogen) atoms. The predicted molar refractivity (Wildman–Crippen MR) is 92.5 cm³/mol. The molecule has 4 aromatic rings. The van der Waals surface area contributed by atoms with Gasteiger partial charge in [-0.3, -0.25) is 4.79 Å². The SMILES string of the molecule is Cc1cc2cc(CNC(=O)c3cc4ccccc4[nH]3)ccc2[nH]1. The van der Waals surface area contributed by atoms with Crippen molar-refractivity contribution in [3.63, 3.8) is 0 Å². The average Bonchev–Trinajstić information content (AvgIpc) is 3.14. The van der Waals surface area contributed by atoms with Crippen LogP contribution in [0.4, 0.5) is 0 Å². The third-order valence-electron chi connectivity index (χ3n) is 4.05. The van der Waals surface area contributed by atoms with Crippen LogP contribution in [-0.2, 0) is 6.54 Å². The van der Waals surface area contributed by atoms with Gasteiger partial charge in [-0.15, -0.1) is 0 Å². The molecule has 2 heterocycles. The molecule has 0 saturated carbocycles. The lowest BCUT2D eigenvalue weighted by atomic mass is 10.1. The molecule has 0 fully saturated rings. The summed E-state index contributed by atoms with van der Waals surface area (Å²) < 4.78 is 0. The van der Waals surface area contributed by atoms with E-state index in [0.29, 0.717) is 12.2 Å². The van der Waals surface area contributed by atoms with Crippen LogP contribution in [0.5, 0.6) is 0 Å². The van der Waals surface area contributed by atoms with Crippen molar-refractivity contribution < 1.29 is 4.79 Å². The number of rotatable bonds is 3. The van der Waals surface area contributed by atoms with Crippen LogP contribution >= 0.6 is 0 Å². The molecule has 0 radical (unpaired) electrons. The molecule has 4 rings (SSSR count). The van der Waals surface area contributed by atoms with Gasteiger partial charge in [0.15, 0.2) is 0 Å². The Balaban J connectivity index is 1.51. The fraction of sp³-hybridized carbons (Fsp3) is 0.105. The third-order valence-corrected chi connectivity index (χ3v) is 4.05. The van der Waals surface area contributed by atoms with Gasteiger partial charge in [0.1, 0.15) is 5.69 Å². The zero-order valence-corrected chi connectivity index (χ0v) is 12.8. The molecule has 0 aliphatic carbocycles. The van der Waals surface area contributed by atoms with Crippen LogP contribution in [0.15, 0.2) is 54.6 Å². The van der Waals surface area contributed by atoms with E-state index in [1.54, 1.807) is 0 Å². The lowest BCUT2D eigenvalue weighted by molar-refractivity contribution is 0.0947. The van der Waals surface area contributed by atoms with Crippen LogP contribution in [0, 0.1) is 6.92 Å². The van der Waals surface area contributed by atoms with Crippen LogP contribution in [-0.4, -0.2) is 15.9 Å². The second-order valence-corrected chi connectivity index (χ2v) is 5.83. The second-order valence-electron chi connectivity index (χ2n) is 5.83. The minimum Gasteiger partial charge on any atom is -0.359 e. The maximum atomic E-state index is 12.3. The van der Waals surface area contributed by atoms with Gasteiger partial charge in [0, 0.05) is 28.7 Å². The summed E-state index contributed by atoms with van der Waals surface area (Å²) in [6, 6.07) is 18.0. The zero-order chi connectivity index (χ0) is 15.8. The quantitative estimate of drug-likeness (QED) is 0.528. The van der Waals surface area contributed by atoms with E-state index < -0.39 is 0 Å². The number of hydrogen-bond donors (Lipinski definition) is 3. The molecule has 0 saturated heterocycles. The van der Waals surface area contributed by atoms with Gasteiger partial charge in [0.25, 0.3) is 5.91 Å². The highest BCUT2D eigenvalue weighted by Crippen LogP contribution is 2.17. The Morgan fingerprint density at radius 3 is 2.65 bits per heavy atom. The standard InChI is InChI=1S/C19H17N3O/c1-12-8-15-9-13(6-7-17(15)21-12)11-20-19(23)18-10-14-4-2-3-5-16(14)22-18/h2-10,21-22H,11H2,1H3,(H,20,23).